The Hall–Kier alpha value is -2.77. The molecule has 1 aliphatic heterocycles. The summed E-state index contributed by atoms with van der Waals surface area (Å²) in [6.45, 7) is 2.95. The molecule has 1 fully saturated rings. The van der Waals surface area contributed by atoms with Crippen LogP contribution in [0.25, 0.3) is 0 Å². The van der Waals surface area contributed by atoms with Gasteiger partial charge in [0.2, 0.25) is 5.91 Å². The number of benzene rings is 2. The maximum absolute atomic E-state index is 13.1. The Morgan fingerprint density at radius 1 is 1.19 bits per heavy atom. The third-order valence-electron chi connectivity index (χ3n) is 5.64. The molecule has 0 radical (unpaired) electrons. The van der Waals surface area contributed by atoms with Crippen molar-refractivity contribution in [3.63, 3.8) is 0 Å². The molecule has 8 heteroatoms. The molecule has 1 N–H and O–H groups in total. The lowest BCUT2D eigenvalue weighted by molar-refractivity contribution is -0.121. The Balaban J connectivity index is 1.29. The van der Waals surface area contributed by atoms with E-state index in [4.69, 9.17) is 11.6 Å². The highest BCUT2D eigenvalue weighted by molar-refractivity contribution is 7.15. The van der Waals surface area contributed by atoms with E-state index in [9.17, 15) is 14.0 Å². The third kappa shape index (κ3) is 5.34. The van der Waals surface area contributed by atoms with Gasteiger partial charge in [0.25, 0.3) is 5.91 Å². The summed E-state index contributed by atoms with van der Waals surface area (Å²) in [7, 11) is 0. The van der Waals surface area contributed by atoms with Crippen molar-refractivity contribution in [3.05, 3.63) is 81.1 Å². The molecule has 0 spiro atoms. The molecule has 1 aliphatic rings. The fourth-order valence-corrected chi connectivity index (χ4v) is 4.77. The van der Waals surface area contributed by atoms with Gasteiger partial charge in [-0.1, -0.05) is 23.7 Å². The molecule has 0 saturated carbocycles. The number of anilines is 1. The zero-order valence-electron chi connectivity index (χ0n) is 17.6. The van der Waals surface area contributed by atoms with Crippen molar-refractivity contribution in [1.82, 2.24) is 9.88 Å². The van der Waals surface area contributed by atoms with Gasteiger partial charge < -0.3 is 10.2 Å². The van der Waals surface area contributed by atoms with Crippen LogP contribution < -0.4 is 5.32 Å². The molecule has 2 amide bonds. The summed E-state index contributed by atoms with van der Waals surface area (Å²) >= 11 is 7.65. The number of halogens is 2. The SMILES string of the molecule is Cc1ccc(Cc2cnc(NC(=O)C3CCN(C(=O)c4ccc(F)cc4)CC3)s2)cc1Cl. The predicted molar refractivity (Wildman–Crippen MR) is 125 cm³/mol. The lowest BCUT2D eigenvalue weighted by Crippen LogP contribution is -2.41. The monoisotopic (exact) mass is 471 g/mol. The summed E-state index contributed by atoms with van der Waals surface area (Å²) in [5.41, 5.74) is 2.60. The van der Waals surface area contributed by atoms with Gasteiger partial charge in [0.05, 0.1) is 0 Å². The Labute approximate surface area is 195 Å². The highest BCUT2D eigenvalue weighted by Gasteiger charge is 2.28. The Morgan fingerprint density at radius 2 is 1.91 bits per heavy atom. The number of hydrogen-bond donors (Lipinski definition) is 1. The lowest BCUT2D eigenvalue weighted by atomic mass is 9.95. The molecule has 0 unspecified atom stereocenters. The van der Waals surface area contributed by atoms with Crippen LogP contribution in [0.4, 0.5) is 9.52 Å². The minimum absolute atomic E-state index is 0.0711. The number of amides is 2. The molecule has 2 aromatic carbocycles. The maximum atomic E-state index is 13.1. The van der Waals surface area contributed by atoms with Crippen molar-refractivity contribution in [1.29, 1.82) is 0 Å². The van der Waals surface area contributed by atoms with Crippen molar-refractivity contribution < 1.29 is 14.0 Å². The predicted octanol–water partition coefficient (Wildman–Crippen LogP) is 5.33. The van der Waals surface area contributed by atoms with Gasteiger partial charge >= 0.3 is 0 Å². The van der Waals surface area contributed by atoms with Gasteiger partial charge in [-0.2, -0.15) is 0 Å². The average molecular weight is 472 g/mol. The highest BCUT2D eigenvalue weighted by atomic mass is 35.5. The average Bonchev–Trinajstić information content (AvgIpc) is 3.23. The van der Waals surface area contributed by atoms with Crippen molar-refractivity contribution in [3.8, 4) is 0 Å². The Kier molecular flexibility index (Phi) is 6.86. The third-order valence-corrected chi connectivity index (χ3v) is 6.96. The van der Waals surface area contributed by atoms with Crippen molar-refractivity contribution in [2.24, 2.45) is 5.92 Å². The number of aromatic nitrogens is 1. The van der Waals surface area contributed by atoms with Crippen LogP contribution in [0.5, 0.6) is 0 Å². The van der Waals surface area contributed by atoms with Gasteiger partial charge in [0, 0.05) is 47.1 Å². The summed E-state index contributed by atoms with van der Waals surface area (Å²) < 4.78 is 13.1. The number of nitrogens with zero attached hydrogens (tertiary/aromatic N) is 2. The van der Waals surface area contributed by atoms with Gasteiger partial charge in [-0.3, -0.25) is 9.59 Å². The van der Waals surface area contributed by atoms with Crippen LogP contribution in [0.3, 0.4) is 0 Å². The Morgan fingerprint density at radius 3 is 2.59 bits per heavy atom. The molecule has 0 aliphatic carbocycles. The first-order chi connectivity index (χ1) is 15.4. The van der Waals surface area contributed by atoms with E-state index in [2.05, 4.69) is 10.3 Å². The van der Waals surface area contributed by atoms with Gasteiger partial charge in [-0.05, 0) is 61.2 Å². The topological polar surface area (TPSA) is 62.3 Å². The zero-order valence-corrected chi connectivity index (χ0v) is 19.2. The van der Waals surface area contributed by atoms with Gasteiger partial charge in [0.15, 0.2) is 5.13 Å². The lowest BCUT2D eigenvalue weighted by Gasteiger charge is -2.31. The first-order valence-corrected chi connectivity index (χ1v) is 11.6. The quantitative estimate of drug-likeness (QED) is 0.547. The van der Waals surface area contributed by atoms with Crippen LogP contribution in [0.1, 0.15) is 39.2 Å². The largest absolute Gasteiger partial charge is 0.339 e. The van der Waals surface area contributed by atoms with Gasteiger partial charge in [-0.25, -0.2) is 9.37 Å². The van der Waals surface area contributed by atoms with Gasteiger partial charge in [-0.15, -0.1) is 11.3 Å². The van der Waals surface area contributed by atoms with Crippen LogP contribution in [-0.4, -0.2) is 34.8 Å². The van der Waals surface area contributed by atoms with Crippen molar-refractivity contribution in [2.75, 3.05) is 18.4 Å². The number of aryl methyl sites for hydroxylation is 1. The molecule has 3 aromatic rings. The second-order valence-corrected chi connectivity index (χ2v) is 9.48. The van der Waals surface area contributed by atoms with E-state index in [0.717, 1.165) is 21.0 Å². The second kappa shape index (κ2) is 9.79. The normalized spacial score (nSPS) is 14.4. The van der Waals surface area contributed by atoms with E-state index in [0.29, 0.717) is 43.0 Å². The maximum Gasteiger partial charge on any atom is 0.253 e. The van der Waals surface area contributed by atoms with Crippen LogP contribution in [0.15, 0.2) is 48.7 Å². The minimum Gasteiger partial charge on any atom is -0.339 e. The standard InChI is InChI=1S/C24H23ClFN3O2S/c1-15-2-3-16(13-21(15)25)12-20-14-27-24(32-20)28-22(30)17-8-10-29(11-9-17)23(31)18-4-6-19(26)7-5-18/h2-7,13-14,17H,8-12H2,1H3,(H,27,28,30). The molecular formula is C24H23ClFN3O2S. The first-order valence-electron chi connectivity index (χ1n) is 10.4. The summed E-state index contributed by atoms with van der Waals surface area (Å²) in [6.07, 6.45) is 3.65. The minimum atomic E-state index is -0.370. The van der Waals surface area contributed by atoms with Crippen LogP contribution in [-0.2, 0) is 11.2 Å². The number of likely N-dealkylation sites (tertiary alicyclic amines) is 1. The van der Waals surface area contributed by atoms with E-state index in [1.54, 1.807) is 11.1 Å². The molecule has 4 rings (SSSR count). The number of nitrogens with one attached hydrogen (secondary N) is 1. The molecule has 1 aromatic heterocycles. The van der Waals surface area contributed by atoms with E-state index < -0.39 is 0 Å². The molecular weight excluding hydrogens is 449 g/mol. The summed E-state index contributed by atoms with van der Waals surface area (Å²) in [6, 6.07) is 11.5. The fourth-order valence-electron chi connectivity index (χ4n) is 3.72. The smallest absolute Gasteiger partial charge is 0.253 e. The molecule has 0 atom stereocenters. The molecule has 5 nitrogen and oxygen atoms in total. The van der Waals surface area contributed by atoms with E-state index in [-0.39, 0.29) is 23.5 Å². The molecule has 32 heavy (non-hydrogen) atoms. The van der Waals surface area contributed by atoms with Crippen LogP contribution in [0.2, 0.25) is 5.02 Å². The van der Waals surface area contributed by atoms with Crippen molar-refractivity contribution >= 4 is 39.9 Å². The van der Waals surface area contributed by atoms with E-state index >= 15 is 0 Å². The van der Waals surface area contributed by atoms with Crippen LogP contribution >= 0.6 is 22.9 Å². The first kappa shape index (κ1) is 22.4. The van der Waals surface area contributed by atoms with E-state index in [1.807, 2.05) is 25.1 Å². The number of hydrogen-bond acceptors (Lipinski definition) is 4. The molecule has 1 saturated heterocycles. The summed E-state index contributed by atoms with van der Waals surface area (Å²) in [5.74, 6) is -0.747. The molecule has 2 heterocycles. The molecule has 0 bridgehead atoms. The number of rotatable bonds is 5. The number of carbonyl (C=O) groups excluding carboxylic acids is 2. The zero-order chi connectivity index (χ0) is 22.7. The fraction of sp³-hybridized carbons (Fsp3) is 0.292. The summed E-state index contributed by atoms with van der Waals surface area (Å²) in [5, 5.41) is 4.24. The number of piperidine rings is 1. The van der Waals surface area contributed by atoms with Crippen LogP contribution in [0, 0.1) is 18.7 Å². The second-order valence-electron chi connectivity index (χ2n) is 7.95. The Bertz CT molecular complexity index is 1120. The van der Waals surface area contributed by atoms with Crippen molar-refractivity contribution in [2.45, 2.75) is 26.2 Å². The van der Waals surface area contributed by atoms with E-state index in [1.165, 1.54) is 35.6 Å². The number of carbonyl (C=O) groups is 2. The summed E-state index contributed by atoms with van der Waals surface area (Å²) in [4.78, 5) is 32.3. The van der Waals surface area contributed by atoms with Gasteiger partial charge in [0.1, 0.15) is 5.82 Å². The highest BCUT2D eigenvalue weighted by Crippen LogP contribution is 2.26. The molecule has 166 valence electrons. The number of thiazole rings is 1.